The molecule has 0 saturated carbocycles. The number of aliphatic hydroxyl groups is 1. The molecule has 3 rings (SSSR count). The Morgan fingerprint density at radius 1 is 1.15 bits per heavy atom. The highest BCUT2D eigenvalue weighted by atomic mass is 19.4. The number of rotatable bonds is 5. The monoisotopic (exact) mass is 368 g/mol. The Morgan fingerprint density at radius 2 is 1.81 bits per heavy atom. The summed E-state index contributed by atoms with van der Waals surface area (Å²) < 4.78 is 39.3. The minimum absolute atomic E-state index is 0.610. The minimum atomic E-state index is -4.29. The average Bonchev–Trinajstić information content (AvgIpc) is 3.03. The minimum Gasteiger partial charge on any atom is -0.383 e. The molecule has 8 heteroatoms. The van der Waals surface area contributed by atoms with Crippen LogP contribution in [-0.2, 0) is 25.2 Å². The Morgan fingerprint density at radius 3 is 2.35 bits per heavy atom. The molecule has 0 spiro atoms. The van der Waals surface area contributed by atoms with Gasteiger partial charge in [0.1, 0.15) is 5.60 Å². The van der Waals surface area contributed by atoms with E-state index in [1.807, 2.05) is 0 Å². The predicted octanol–water partition coefficient (Wildman–Crippen LogP) is 2.75. The van der Waals surface area contributed by atoms with Gasteiger partial charge in [-0.3, -0.25) is 0 Å². The Labute approximate surface area is 150 Å². The van der Waals surface area contributed by atoms with Gasteiger partial charge in [-0.2, -0.15) is 13.2 Å². The van der Waals surface area contributed by atoms with Gasteiger partial charge in [0.25, 0.3) is 0 Å². The molecule has 1 N–H and O–H groups in total. The largest absolute Gasteiger partial charge is 0.416 e. The fraction of sp³-hybridized carbons (Fsp3) is 0.556. The molecule has 1 aliphatic rings. The topological polar surface area (TPSA) is 54.2 Å². The fourth-order valence-corrected chi connectivity index (χ4v) is 3.48. The van der Waals surface area contributed by atoms with Gasteiger partial charge in [-0.25, -0.2) is 4.68 Å². The molecule has 1 aliphatic heterocycles. The number of aryl methyl sites for hydroxylation is 2. The lowest BCUT2D eigenvalue weighted by Crippen LogP contribution is -2.43. The zero-order chi connectivity index (χ0) is 18.8. The van der Waals surface area contributed by atoms with Crippen LogP contribution in [0.25, 0.3) is 0 Å². The highest BCUT2D eigenvalue weighted by Gasteiger charge is 2.36. The van der Waals surface area contributed by atoms with Crippen molar-refractivity contribution in [2.45, 2.75) is 37.5 Å². The number of hydrogen-bond acceptors (Lipinski definition) is 4. The lowest BCUT2D eigenvalue weighted by atomic mass is 9.88. The first kappa shape index (κ1) is 18.8. The summed E-state index contributed by atoms with van der Waals surface area (Å²) in [6, 6.07) is 5.37. The standard InChI is InChI=1S/C18H23F3N4O/c1-24-16(13-22-23-24)17(26)8-11-25(12-9-17)10-2-3-14-4-6-15(7-5-14)18(19,20)21/h4-7,13,26H,2-3,8-12H2,1H3. The van der Waals surface area contributed by atoms with Crippen LogP contribution in [0, 0.1) is 0 Å². The van der Waals surface area contributed by atoms with Gasteiger partial charge in [-0.15, -0.1) is 5.10 Å². The molecule has 2 aromatic rings. The number of likely N-dealkylation sites (tertiary alicyclic amines) is 1. The van der Waals surface area contributed by atoms with E-state index in [1.54, 1.807) is 30.1 Å². The summed E-state index contributed by atoms with van der Waals surface area (Å²) in [6.07, 6.45) is 0.178. The molecule has 0 unspecified atom stereocenters. The van der Waals surface area contributed by atoms with Crippen LogP contribution < -0.4 is 0 Å². The number of aromatic nitrogens is 3. The van der Waals surface area contributed by atoms with Crippen molar-refractivity contribution in [3.05, 3.63) is 47.3 Å². The first-order chi connectivity index (χ1) is 12.3. The normalized spacial score (nSPS) is 18.2. The van der Waals surface area contributed by atoms with Crippen LogP contribution in [0.1, 0.15) is 36.1 Å². The van der Waals surface area contributed by atoms with Crippen molar-refractivity contribution in [3.8, 4) is 0 Å². The maximum absolute atomic E-state index is 12.6. The molecule has 1 aromatic heterocycles. The van der Waals surface area contributed by atoms with Crippen molar-refractivity contribution in [3.63, 3.8) is 0 Å². The third kappa shape index (κ3) is 4.24. The van der Waals surface area contributed by atoms with E-state index in [0.29, 0.717) is 12.8 Å². The summed E-state index contributed by atoms with van der Waals surface area (Å²) in [5, 5.41) is 18.5. The van der Waals surface area contributed by atoms with Gasteiger partial charge in [0.15, 0.2) is 0 Å². The van der Waals surface area contributed by atoms with Crippen molar-refractivity contribution in [2.75, 3.05) is 19.6 Å². The predicted molar refractivity (Wildman–Crippen MR) is 90.3 cm³/mol. The molecule has 1 fully saturated rings. The molecule has 2 heterocycles. The number of halogens is 3. The van der Waals surface area contributed by atoms with Gasteiger partial charge in [0.2, 0.25) is 0 Å². The van der Waals surface area contributed by atoms with Crippen LogP contribution in [0.4, 0.5) is 13.2 Å². The van der Waals surface area contributed by atoms with E-state index in [1.165, 1.54) is 0 Å². The van der Waals surface area contributed by atoms with Crippen molar-refractivity contribution >= 4 is 0 Å². The second kappa shape index (κ2) is 7.36. The van der Waals surface area contributed by atoms with Crippen molar-refractivity contribution in [2.24, 2.45) is 7.05 Å². The number of piperidine rings is 1. The third-order valence-corrected chi connectivity index (χ3v) is 5.10. The number of benzene rings is 1. The molecule has 0 atom stereocenters. The number of alkyl halides is 3. The summed E-state index contributed by atoms with van der Waals surface area (Å²) >= 11 is 0. The van der Waals surface area contributed by atoms with Crippen LogP contribution in [0.3, 0.4) is 0 Å². The van der Waals surface area contributed by atoms with Gasteiger partial charge < -0.3 is 10.0 Å². The van der Waals surface area contributed by atoms with E-state index >= 15 is 0 Å². The Hall–Kier alpha value is -1.93. The van der Waals surface area contributed by atoms with Crippen molar-refractivity contribution in [1.82, 2.24) is 19.9 Å². The number of nitrogens with zero attached hydrogens (tertiary/aromatic N) is 4. The smallest absolute Gasteiger partial charge is 0.383 e. The molecule has 0 amide bonds. The van der Waals surface area contributed by atoms with Gasteiger partial charge in [-0.05, 0) is 49.9 Å². The molecular formula is C18H23F3N4O. The highest BCUT2D eigenvalue weighted by Crippen LogP contribution is 2.32. The van der Waals surface area contributed by atoms with Crippen LogP contribution >= 0.6 is 0 Å². The van der Waals surface area contributed by atoms with E-state index in [2.05, 4.69) is 15.2 Å². The summed E-state index contributed by atoms with van der Waals surface area (Å²) in [5.74, 6) is 0. The van der Waals surface area contributed by atoms with Crippen molar-refractivity contribution < 1.29 is 18.3 Å². The van der Waals surface area contributed by atoms with E-state index in [9.17, 15) is 18.3 Å². The molecule has 0 aliphatic carbocycles. The summed E-state index contributed by atoms with van der Waals surface area (Å²) in [7, 11) is 1.77. The summed E-state index contributed by atoms with van der Waals surface area (Å²) in [5.41, 5.74) is 0.151. The quantitative estimate of drug-likeness (QED) is 0.882. The summed E-state index contributed by atoms with van der Waals surface area (Å²) in [4.78, 5) is 2.28. The second-order valence-corrected chi connectivity index (χ2v) is 6.91. The first-order valence-electron chi connectivity index (χ1n) is 8.74. The van der Waals surface area contributed by atoms with Crippen LogP contribution in [0.15, 0.2) is 30.5 Å². The summed E-state index contributed by atoms with van der Waals surface area (Å²) in [6.45, 7) is 2.41. The zero-order valence-corrected chi connectivity index (χ0v) is 14.7. The van der Waals surface area contributed by atoms with Crippen molar-refractivity contribution in [1.29, 1.82) is 0 Å². The first-order valence-corrected chi connectivity index (χ1v) is 8.74. The lowest BCUT2D eigenvalue weighted by molar-refractivity contribution is -0.137. The Balaban J connectivity index is 1.45. The highest BCUT2D eigenvalue weighted by molar-refractivity contribution is 5.24. The molecule has 5 nitrogen and oxygen atoms in total. The average molecular weight is 368 g/mol. The Kier molecular flexibility index (Phi) is 5.34. The van der Waals surface area contributed by atoms with Crippen LogP contribution in [-0.4, -0.2) is 44.6 Å². The van der Waals surface area contributed by atoms with Crippen LogP contribution in [0.2, 0.25) is 0 Å². The maximum Gasteiger partial charge on any atom is 0.416 e. The van der Waals surface area contributed by atoms with E-state index in [4.69, 9.17) is 0 Å². The van der Waals surface area contributed by atoms with Gasteiger partial charge in [0.05, 0.1) is 17.5 Å². The van der Waals surface area contributed by atoms with Gasteiger partial charge in [-0.1, -0.05) is 17.3 Å². The second-order valence-electron chi connectivity index (χ2n) is 6.91. The molecular weight excluding hydrogens is 345 g/mol. The SMILES string of the molecule is Cn1nncc1C1(O)CCN(CCCc2ccc(C(F)(F)F)cc2)CC1. The zero-order valence-electron chi connectivity index (χ0n) is 14.7. The molecule has 0 radical (unpaired) electrons. The fourth-order valence-electron chi connectivity index (χ4n) is 3.48. The molecule has 1 aromatic carbocycles. The molecule has 142 valence electrons. The van der Waals surface area contributed by atoms with E-state index < -0.39 is 17.3 Å². The van der Waals surface area contributed by atoms with Crippen LogP contribution in [0.5, 0.6) is 0 Å². The Bertz CT molecular complexity index is 719. The van der Waals surface area contributed by atoms with E-state index in [0.717, 1.165) is 55.9 Å². The molecule has 1 saturated heterocycles. The molecule has 26 heavy (non-hydrogen) atoms. The maximum atomic E-state index is 12.6. The number of hydrogen-bond donors (Lipinski definition) is 1. The molecule has 0 bridgehead atoms. The lowest BCUT2D eigenvalue weighted by Gasteiger charge is -2.37. The third-order valence-electron chi connectivity index (χ3n) is 5.10. The van der Waals surface area contributed by atoms with E-state index in [-0.39, 0.29) is 0 Å². The van der Waals surface area contributed by atoms with Gasteiger partial charge >= 0.3 is 6.18 Å². The van der Waals surface area contributed by atoms with Gasteiger partial charge in [0, 0.05) is 20.1 Å².